The van der Waals surface area contributed by atoms with Crippen LogP contribution in [0.25, 0.3) is 0 Å². The van der Waals surface area contributed by atoms with Gasteiger partial charge in [-0.25, -0.2) is 4.79 Å². The van der Waals surface area contributed by atoms with Gasteiger partial charge in [0, 0.05) is 24.2 Å². The number of alkyl halides is 2. The molecule has 0 aliphatic heterocycles. The number of ether oxygens (including phenoxy) is 3. The van der Waals surface area contributed by atoms with Gasteiger partial charge >= 0.3 is 12.6 Å². The number of rotatable bonds is 10. The Labute approximate surface area is 203 Å². The van der Waals surface area contributed by atoms with Gasteiger partial charge in [-0.2, -0.15) is 20.1 Å². The summed E-state index contributed by atoms with van der Waals surface area (Å²) in [6, 6.07) is 6.13. The fraction of sp³-hybridized carbons (Fsp3) is 0.304. The summed E-state index contributed by atoms with van der Waals surface area (Å²) in [6.45, 7) is -2.61. The molecule has 5 nitrogen and oxygen atoms in total. The molecular formula is C23H19Cl2F2NO4S. The average Bonchev–Trinajstić information content (AvgIpc) is 3.44. The van der Waals surface area contributed by atoms with Gasteiger partial charge < -0.3 is 14.2 Å². The number of benzene rings is 1. The van der Waals surface area contributed by atoms with Crippen LogP contribution in [-0.2, 0) is 11.2 Å². The molecule has 1 aliphatic carbocycles. The second-order valence-corrected chi connectivity index (χ2v) is 9.13. The third kappa shape index (κ3) is 6.34. The number of hydrogen-bond acceptors (Lipinski definition) is 6. The van der Waals surface area contributed by atoms with Crippen LogP contribution >= 0.6 is 34.5 Å². The van der Waals surface area contributed by atoms with Gasteiger partial charge in [0.15, 0.2) is 11.5 Å². The average molecular weight is 514 g/mol. The van der Waals surface area contributed by atoms with E-state index >= 15 is 0 Å². The molecule has 3 aromatic rings. The fourth-order valence-corrected chi connectivity index (χ4v) is 4.29. The van der Waals surface area contributed by atoms with E-state index in [-0.39, 0.29) is 17.9 Å². The summed E-state index contributed by atoms with van der Waals surface area (Å²) in [6.07, 6.45) is 4.29. The quantitative estimate of drug-likeness (QED) is 0.273. The molecule has 0 amide bonds. The van der Waals surface area contributed by atoms with E-state index in [9.17, 15) is 13.6 Å². The van der Waals surface area contributed by atoms with Gasteiger partial charge in [0.05, 0.1) is 22.2 Å². The topological polar surface area (TPSA) is 57.7 Å². The van der Waals surface area contributed by atoms with Crippen LogP contribution in [0.1, 0.15) is 40.4 Å². The van der Waals surface area contributed by atoms with E-state index in [0.717, 1.165) is 12.8 Å². The zero-order valence-corrected chi connectivity index (χ0v) is 19.5. The second kappa shape index (κ2) is 10.7. The third-order valence-electron chi connectivity index (χ3n) is 5.08. The summed E-state index contributed by atoms with van der Waals surface area (Å²) < 4.78 is 42.0. The summed E-state index contributed by atoms with van der Waals surface area (Å²) >= 11 is 13.9. The minimum absolute atomic E-state index is 0.0858. The molecule has 0 spiro atoms. The lowest BCUT2D eigenvalue weighted by Crippen LogP contribution is -2.15. The molecule has 2 heterocycles. The number of aromatic nitrogens is 1. The van der Waals surface area contributed by atoms with Crippen molar-refractivity contribution in [1.29, 1.82) is 0 Å². The van der Waals surface area contributed by atoms with Gasteiger partial charge in [0.25, 0.3) is 0 Å². The van der Waals surface area contributed by atoms with Crippen LogP contribution < -0.4 is 9.47 Å². The SMILES string of the molecule is O=C(OC(Cc1c(Cl)cncc1Cl)c1ccc(OC(F)F)c(OCC2CC2)c1)c1ccsc1. The monoisotopic (exact) mass is 513 g/mol. The molecule has 1 aromatic carbocycles. The van der Waals surface area contributed by atoms with Gasteiger partial charge in [-0.1, -0.05) is 29.3 Å². The number of esters is 1. The van der Waals surface area contributed by atoms with E-state index < -0.39 is 18.7 Å². The lowest BCUT2D eigenvalue weighted by molar-refractivity contribution is -0.0515. The molecule has 0 saturated heterocycles. The highest BCUT2D eigenvalue weighted by molar-refractivity contribution is 7.08. The predicted octanol–water partition coefficient (Wildman–Crippen LogP) is 6.98. The van der Waals surface area contributed by atoms with Crippen molar-refractivity contribution in [3.8, 4) is 11.5 Å². The smallest absolute Gasteiger partial charge is 0.387 e. The van der Waals surface area contributed by atoms with Gasteiger partial charge in [-0.15, -0.1) is 0 Å². The number of halogens is 4. The Morgan fingerprint density at radius 3 is 2.55 bits per heavy atom. The molecular weight excluding hydrogens is 495 g/mol. The molecule has 4 rings (SSSR count). The third-order valence-corrected chi connectivity index (χ3v) is 6.41. The number of hydrogen-bond donors (Lipinski definition) is 0. The lowest BCUT2D eigenvalue weighted by Gasteiger charge is -2.21. The van der Waals surface area contributed by atoms with Crippen LogP contribution in [0.2, 0.25) is 10.0 Å². The van der Waals surface area contributed by atoms with Crippen LogP contribution in [0.15, 0.2) is 47.4 Å². The minimum atomic E-state index is -3.00. The number of nitrogens with zero attached hydrogens (tertiary/aromatic N) is 1. The summed E-state index contributed by atoms with van der Waals surface area (Å²) in [5, 5.41) is 4.08. The lowest BCUT2D eigenvalue weighted by atomic mass is 10.0. The van der Waals surface area contributed by atoms with Crippen molar-refractivity contribution in [2.45, 2.75) is 32.0 Å². The molecule has 1 unspecified atom stereocenters. The summed E-state index contributed by atoms with van der Waals surface area (Å²) in [7, 11) is 0. The maximum Gasteiger partial charge on any atom is 0.387 e. The second-order valence-electron chi connectivity index (χ2n) is 7.53. The Bertz CT molecular complexity index is 1090. The number of pyridine rings is 1. The highest BCUT2D eigenvalue weighted by Crippen LogP contribution is 2.38. The first-order chi connectivity index (χ1) is 15.9. The van der Waals surface area contributed by atoms with Crippen LogP contribution in [0.3, 0.4) is 0 Å². The maximum absolute atomic E-state index is 12.9. The Balaban J connectivity index is 1.66. The molecule has 1 saturated carbocycles. The minimum Gasteiger partial charge on any atom is -0.489 e. The first-order valence-corrected chi connectivity index (χ1v) is 11.8. The zero-order chi connectivity index (χ0) is 23.4. The predicted molar refractivity (Wildman–Crippen MR) is 122 cm³/mol. The first kappa shape index (κ1) is 23.7. The van der Waals surface area contributed by atoms with Crippen molar-refractivity contribution in [3.05, 3.63) is 74.2 Å². The number of carbonyl (C=O) groups excluding carboxylic acids is 1. The van der Waals surface area contributed by atoms with Crippen LogP contribution in [0.4, 0.5) is 8.78 Å². The molecule has 1 fully saturated rings. The standard InChI is InChI=1S/C23H19Cl2F2NO4S/c24-17-9-28-10-18(25)16(17)8-20(31-22(29)15-5-6-33-12-15)14-3-4-19(32-23(26)27)21(7-14)30-11-13-1-2-13/h3-7,9-10,12-13,20,23H,1-2,8,11H2. The Kier molecular flexibility index (Phi) is 7.67. The fourth-order valence-electron chi connectivity index (χ4n) is 3.15. The van der Waals surface area contributed by atoms with Gasteiger partial charge in [-0.05, 0) is 53.5 Å². The molecule has 1 aliphatic rings. The van der Waals surface area contributed by atoms with Crippen LogP contribution in [0, 0.1) is 5.92 Å². The normalized spacial score (nSPS) is 14.2. The first-order valence-electron chi connectivity index (χ1n) is 10.1. The van der Waals surface area contributed by atoms with Crippen LogP contribution in [0.5, 0.6) is 11.5 Å². The Morgan fingerprint density at radius 1 is 1.15 bits per heavy atom. The van der Waals surface area contributed by atoms with Crippen molar-refractivity contribution in [1.82, 2.24) is 4.98 Å². The highest BCUT2D eigenvalue weighted by Gasteiger charge is 2.26. The zero-order valence-electron chi connectivity index (χ0n) is 17.2. The van der Waals surface area contributed by atoms with E-state index in [0.29, 0.717) is 39.3 Å². The molecule has 33 heavy (non-hydrogen) atoms. The largest absolute Gasteiger partial charge is 0.489 e. The van der Waals surface area contributed by atoms with Crippen molar-refractivity contribution in [2.75, 3.05) is 6.61 Å². The van der Waals surface area contributed by atoms with Gasteiger partial charge in [-0.3, -0.25) is 4.98 Å². The highest BCUT2D eigenvalue weighted by atomic mass is 35.5. The van der Waals surface area contributed by atoms with Crippen molar-refractivity contribution >= 4 is 40.5 Å². The van der Waals surface area contributed by atoms with E-state index in [1.165, 1.54) is 29.8 Å². The van der Waals surface area contributed by atoms with Crippen molar-refractivity contribution in [2.24, 2.45) is 5.92 Å². The number of thiophene rings is 1. The molecule has 0 radical (unpaired) electrons. The Morgan fingerprint density at radius 2 is 1.91 bits per heavy atom. The molecule has 0 bridgehead atoms. The molecule has 2 aromatic heterocycles. The molecule has 0 N–H and O–H groups in total. The molecule has 174 valence electrons. The Hall–Kier alpha value is -2.42. The van der Waals surface area contributed by atoms with E-state index in [2.05, 4.69) is 9.72 Å². The van der Waals surface area contributed by atoms with Crippen molar-refractivity contribution < 1.29 is 27.8 Å². The number of carbonyl (C=O) groups is 1. The van der Waals surface area contributed by atoms with E-state index in [1.807, 2.05) is 0 Å². The van der Waals surface area contributed by atoms with Gasteiger partial charge in [0.1, 0.15) is 6.10 Å². The summed E-state index contributed by atoms with van der Waals surface area (Å²) in [5.41, 5.74) is 1.47. The molecule has 1 atom stereocenters. The van der Waals surface area contributed by atoms with Crippen molar-refractivity contribution in [3.63, 3.8) is 0 Å². The maximum atomic E-state index is 12.9. The molecule has 10 heteroatoms. The van der Waals surface area contributed by atoms with E-state index in [1.54, 1.807) is 29.0 Å². The van der Waals surface area contributed by atoms with Gasteiger partial charge in [0.2, 0.25) is 0 Å². The summed E-state index contributed by atoms with van der Waals surface area (Å²) in [4.78, 5) is 16.7. The van der Waals surface area contributed by atoms with Crippen LogP contribution in [-0.4, -0.2) is 24.2 Å². The van der Waals surface area contributed by atoms with E-state index in [4.69, 9.17) is 32.7 Å². The summed E-state index contributed by atoms with van der Waals surface area (Å²) in [5.74, 6) is -0.0638.